The number of allylic oxidation sites excluding steroid dienone is 6. The molecule has 0 radical (unpaired) electrons. The third-order valence-electron chi connectivity index (χ3n) is 11.6. The maximum Gasteiger partial charge on any atom is 0.0616 e. The number of nitrogens with zero attached hydrogens (tertiary/aromatic N) is 1. The van der Waals surface area contributed by atoms with Gasteiger partial charge in [-0.05, 0) is 124 Å². The third-order valence-corrected chi connectivity index (χ3v) is 11.6. The molecule has 0 fully saturated rings. The average molecular weight is 738 g/mol. The van der Waals surface area contributed by atoms with Gasteiger partial charge in [-0.3, -0.25) is 0 Å². The number of nitrogens with two attached hydrogens (primary N) is 2. The van der Waals surface area contributed by atoms with Crippen molar-refractivity contribution in [2.45, 2.75) is 32.6 Å². The molecule has 0 saturated carbocycles. The first kappa shape index (κ1) is 36.0. The summed E-state index contributed by atoms with van der Waals surface area (Å²) in [4.78, 5) is 0. The van der Waals surface area contributed by atoms with Crippen LogP contribution in [-0.2, 0) is 12.8 Å². The lowest BCUT2D eigenvalue weighted by Crippen LogP contribution is -2.10. The lowest BCUT2D eigenvalue weighted by atomic mass is 9.86. The van der Waals surface area contributed by atoms with Crippen LogP contribution in [0.15, 0.2) is 181 Å². The highest BCUT2D eigenvalue weighted by atomic mass is 15.0. The van der Waals surface area contributed by atoms with Crippen molar-refractivity contribution in [3.63, 3.8) is 0 Å². The predicted octanol–water partition coefficient (Wildman–Crippen LogP) is 13.0. The second-order valence-electron chi connectivity index (χ2n) is 15.5. The molecule has 3 nitrogen and oxygen atoms in total. The van der Waals surface area contributed by atoms with Gasteiger partial charge in [0.05, 0.1) is 5.52 Å². The third kappa shape index (κ3) is 7.15. The zero-order chi connectivity index (χ0) is 38.9. The number of hydrogen-bond acceptors (Lipinski definition) is 2. The Bertz CT molecular complexity index is 2970. The standard InChI is InChI=1S/C54H47N3/c1-36(34-55)8-6-10-38-14-16-42-30-44(20-18-40(42)28-38)46-22-25-50-48(32-46)24-27-52-51-26-23-47(33-53(51)57(54(50)52)49-12-4-3-5-13-49)45-21-19-41-29-39(15-17-43(41)31-45)11-7-9-37(2)35-56/h3-10,12-32,35,47H,11,33-34,55-56H2,1-2H3/b9-7-,10-6+,36-8-,37-35-. The molecule has 1 heterocycles. The van der Waals surface area contributed by atoms with Gasteiger partial charge in [0.2, 0.25) is 0 Å². The molecule has 1 atom stereocenters. The molecule has 4 N–H and O–H groups in total. The highest BCUT2D eigenvalue weighted by molar-refractivity contribution is 6.11. The number of aromatic nitrogens is 1. The Morgan fingerprint density at radius 1 is 0.719 bits per heavy atom. The Balaban J connectivity index is 1.06. The number of para-hydroxylation sites is 1. The Morgan fingerprint density at radius 2 is 1.42 bits per heavy atom. The maximum atomic E-state index is 5.74. The first-order chi connectivity index (χ1) is 27.9. The molecule has 1 unspecified atom stereocenters. The highest BCUT2D eigenvalue weighted by Gasteiger charge is 2.25. The van der Waals surface area contributed by atoms with E-state index >= 15 is 0 Å². The van der Waals surface area contributed by atoms with E-state index in [-0.39, 0.29) is 5.92 Å². The number of rotatable bonds is 9. The zero-order valence-electron chi connectivity index (χ0n) is 32.6. The fourth-order valence-corrected chi connectivity index (χ4v) is 8.38. The van der Waals surface area contributed by atoms with E-state index in [1.165, 1.54) is 88.0 Å². The van der Waals surface area contributed by atoms with Gasteiger partial charge in [0, 0.05) is 40.2 Å². The molecular weight excluding hydrogens is 691 g/mol. The largest absolute Gasteiger partial charge is 0.404 e. The van der Waals surface area contributed by atoms with Crippen LogP contribution in [0.25, 0.3) is 72.2 Å². The molecule has 9 rings (SSSR count). The summed E-state index contributed by atoms with van der Waals surface area (Å²) in [6.45, 7) is 4.65. The summed E-state index contributed by atoms with van der Waals surface area (Å²) in [6, 6.07) is 49.8. The van der Waals surface area contributed by atoms with Crippen molar-refractivity contribution in [1.82, 2.24) is 4.57 Å². The van der Waals surface area contributed by atoms with E-state index in [2.05, 4.69) is 187 Å². The van der Waals surface area contributed by atoms with Gasteiger partial charge in [-0.1, -0.05) is 151 Å². The van der Waals surface area contributed by atoms with E-state index in [0.717, 1.165) is 24.0 Å². The second kappa shape index (κ2) is 15.5. The van der Waals surface area contributed by atoms with Crippen molar-refractivity contribution in [3.8, 4) is 16.8 Å². The van der Waals surface area contributed by atoms with Crippen molar-refractivity contribution < 1.29 is 0 Å². The molecule has 3 heteroatoms. The lowest BCUT2D eigenvalue weighted by Gasteiger charge is -2.21. The fraction of sp³-hybridized carbons (Fsp3) is 0.111. The summed E-state index contributed by atoms with van der Waals surface area (Å²) in [5, 5.41) is 8.81. The highest BCUT2D eigenvalue weighted by Crippen LogP contribution is 2.42. The van der Waals surface area contributed by atoms with Crippen molar-refractivity contribution in [3.05, 3.63) is 209 Å². The molecule has 0 aliphatic heterocycles. The van der Waals surface area contributed by atoms with Crippen LogP contribution in [0.4, 0.5) is 0 Å². The van der Waals surface area contributed by atoms with Gasteiger partial charge in [0.15, 0.2) is 0 Å². The topological polar surface area (TPSA) is 57.0 Å². The molecule has 0 amide bonds. The minimum absolute atomic E-state index is 0.275. The Morgan fingerprint density at radius 3 is 2.26 bits per heavy atom. The average Bonchev–Trinajstić information content (AvgIpc) is 3.60. The monoisotopic (exact) mass is 737 g/mol. The van der Waals surface area contributed by atoms with Crippen LogP contribution < -0.4 is 11.5 Å². The van der Waals surface area contributed by atoms with Crippen LogP contribution in [-0.4, -0.2) is 11.1 Å². The van der Waals surface area contributed by atoms with E-state index in [1.807, 2.05) is 6.92 Å². The first-order valence-corrected chi connectivity index (χ1v) is 19.9. The van der Waals surface area contributed by atoms with Gasteiger partial charge in [0.25, 0.3) is 0 Å². The quantitative estimate of drug-likeness (QED) is 0.145. The normalized spacial score (nSPS) is 14.9. The Kier molecular flexibility index (Phi) is 9.76. The van der Waals surface area contributed by atoms with Gasteiger partial charge in [0.1, 0.15) is 0 Å². The van der Waals surface area contributed by atoms with E-state index in [9.17, 15) is 0 Å². The van der Waals surface area contributed by atoms with E-state index in [0.29, 0.717) is 6.54 Å². The summed E-state index contributed by atoms with van der Waals surface area (Å²) < 4.78 is 2.53. The summed E-state index contributed by atoms with van der Waals surface area (Å²) in [5.41, 5.74) is 25.0. The zero-order valence-corrected chi connectivity index (χ0v) is 32.6. The molecule has 1 aromatic heterocycles. The van der Waals surface area contributed by atoms with Crippen LogP contribution >= 0.6 is 0 Å². The van der Waals surface area contributed by atoms with Crippen molar-refractivity contribution in [2.75, 3.05) is 6.54 Å². The summed E-state index contributed by atoms with van der Waals surface area (Å²) in [5.74, 6) is 0.275. The minimum atomic E-state index is 0.275. The first-order valence-electron chi connectivity index (χ1n) is 19.9. The number of benzene rings is 7. The van der Waals surface area contributed by atoms with Gasteiger partial charge in [-0.25, -0.2) is 0 Å². The number of fused-ring (bicyclic) bond motifs is 7. The maximum absolute atomic E-state index is 5.74. The Hall–Kier alpha value is -6.68. The predicted molar refractivity (Wildman–Crippen MR) is 246 cm³/mol. The van der Waals surface area contributed by atoms with E-state index < -0.39 is 0 Å². The van der Waals surface area contributed by atoms with E-state index in [1.54, 1.807) is 6.20 Å². The molecular formula is C54H47N3. The number of hydrogen-bond donors (Lipinski definition) is 2. The van der Waals surface area contributed by atoms with Gasteiger partial charge < -0.3 is 16.0 Å². The molecule has 1 aliphatic carbocycles. The smallest absolute Gasteiger partial charge is 0.0616 e. The summed E-state index contributed by atoms with van der Waals surface area (Å²) in [6.07, 6.45) is 18.8. The summed E-state index contributed by atoms with van der Waals surface area (Å²) in [7, 11) is 0. The molecule has 0 saturated heterocycles. The molecule has 7 aromatic carbocycles. The molecule has 8 aromatic rings. The van der Waals surface area contributed by atoms with Crippen molar-refractivity contribution in [1.29, 1.82) is 0 Å². The van der Waals surface area contributed by atoms with Crippen LogP contribution in [0.3, 0.4) is 0 Å². The van der Waals surface area contributed by atoms with Gasteiger partial charge >= 0.3 is 0 Å². The van der Waals surface area contributed by atoms with Crippen molar-refractivity contribution in [2.24, 2.45) is 11.5 Å². The van der Waals surface area contributed by atoms with Crippen molar-refractivity contribution >= 4 is 55.4 Å². The van der Waals surface area contributed by atoms with Crippen LogP contribution in [0, 0.1) is 0 Å². The van der Waals surface area contributed by atoms with E-state index in [4.69, 9.17) is 11.5 Å². The molecule has 1 aliphatic rings. The molecule has 278 valence electrons. The Labute approximate surface area is 335 Å². The molecule has 0 bridgehead atoms. The molecule has 0 spiro atoms. The minimum Gasteiger partial charge on any atom is -0.404 e. The fourth-order valence-electron chi connectivity index (χ4n) is 8.38. The van der Waals surface area contributed by atoms with Crippen LogP contribution in [0.1, 0.15) is 47.7 Å². The van der Waals surface area contributed by atoms with Crippen LogP contribution in [0.2, 0.25) is 0 Å². The van der Waals surface area contributed by atoms with Gasteiger partial charge in [-0.15, -0.1) is 0 Å². The lowest BCUT2D eigenvalue weighted by molar-refractivity contribution is 0.784. The second-order valence-corrected chi connectivity index (χ2v) is 15.5. The SMILES string of the molecule is CC(/C=C\Cc1ccc2cc(C3C=Cc4c(n(-c5ccccc5)c5c4ccc4cc(-c6ccc7cc(/C=C/C=C(/C)CN)ccc7c6)ccc45)C3)ccc2c1)=C/N. The van der Waals surface area contributed by atoms with Gasteiger partial charge in [-0.2, -0.15) is 0 Å². The summed E-state index contributed by atoms with van der Waals surface area (Å²) >= 11 is 0. The molecule has 57 heavy (non-hydrogen) atoms. The van der Waals surface area contributed by atoms with Crippen LogP contribution in [0.5, 0.6) is 0 Å².